The van der Waals surface area contributed by atoms with Gasteiger partial charge in [0.1, 0.15) is 5.75 Å². The fourth-order valence-corrected chi connectivity index (χ4v) is 2.81. The molecule has 0 aliphatic rings. The number of nitrogens with zero attached hydrogens (tertiary/aromatic N) is 1. The second-order valence-electron chi connectivity index (χ2n) is 4.70. The minimum absolute atomic E-state index is 0.922. The molecule has 0 aliphatic heterocycles. The van der Waals surface area contributed by atoms with Gasteiger partial charge in [0.05, 0.1) is 18.1 Å². The zero-order valence-electron chi connectivity index (χ0n) is 10.6. The molecule has 0 spiro atoms. The van der Waals surface area contributed by atoms with Crippen LogP contribution in [-0.2, 0) is 0 Å². The number of benzene rings is 2. The van der Waals surface area contributed by atoms with Gasteiger partial charge in [-0.05, 0) is 29.7 Å². The third kappa shape index (κ3) is 1.37. The molecule has 0 radical (unpaired) electrons. The van der Waals surface area contributed by atoms with Crippen LogP contribution >= 0.6 is 0 Å². The number of hydrogen-bond donors (Lipinski definition) is 0. The summed E-state index contributed by atoms with van der Waals surface area (Å²) in [7, 11) is 1.72. The molecule has 2 heterocycles. The Hall–Kier alpha value is -2.48. The molecule has 0 aliphatic carbocycles. The summed E-state index contributed by atoms with van der Waals surface area (Å²) in [4.78, 5) is 0. The normalized spacial score (nSPS) is 11.4. The molecular formula is C17H13NO. The molecule has 0 N–H and O–H groups in total. The molecule has 2 nitrogen and oxygen atoms in total. The van der Waals surface area contributed by atoms with Gasteiger partial charge in [-0.1, -0.05) is 30.3 Å². The van der Waals surface area contributed by atoms with Crippen LogP contribution < -0.4 is 4.74 Å². The average molecular weight is 247 g/mol. The standard InChI is InChI=1S/C17H13NO/c1-19-16-8-4-6-12-9-10-18-14-7-3-2-5-13(14)11-15(18)17(12)16/h2-11H,1H3. The van der Waals surface area contributed by atoms with Gasteiger partial charge in [0.25, 0.3) is 0 Å². The first-order valence-electron chi connectivity index (χ1n) is 6.34. The van der Waals surface area contributed by atoms with Crippen molar-refractivity contribution in [1.82, 2.24) is 4.40 Å². The fourth-order valence-electron chi connectivity index (χ4n) is 2.81. The quantitative estimate of drug-likeness (QED) is 0.490. The van der Waals surface area contributed by atoms with E-state index in [1.54, 1.807) is 7.11 Å². The van der Waals surface area contributed by atoms with E-state index in [4.69, 9.17) is 4.74 Å². The molecule has 0 saturated heterocycles. The number of pyridine rings is 1. The first kappa shape index (κ1) is 10.4. The minimum Gasteiger partial charge on any atom is -0.496 e. The smallest absolute Gasteiger partial charge is 0.128 e. The third-order valence-corrected chi connectivity index (χ3v) is 3.69. The predicted molar refractivity (Wildman–Crippen MR) is 79.0 cm³/mol. The minimum atomic E-state index is 0.922. The van der Waals surface area contributed by atoms with Gasteiger partial charge < -0.3 is 9.14 Å². The Kier molecular flexibility index (Phi) is 2.06. The van der Waals surface area contributed by atoms with Gasteiger partial charge in [-0.2, -0.15) is 0 Å². The number of aromatic nitrogens is 1. The fraction of sp³-hybridized carbons (Fsp3) is 0.0588. The summed E-state index contributed by atoms with van der Waals surface area (Å²) in [5, 5.41) is 3.62. The lowest BCUT2D eigenvalue weighted by molar-refractivity contribution is 0.420. The van der Waals surface area contributed by atoms with Crippen LogP contribution in [0.5, 0.6) is 5.75 Å². The maximum Gasteiger partial charge on any atom is 0.128 e. The molecule has 2 aromatic heterocycles. The molecule has 0 saturated carbocycles. The van der Waals surface area contributed by atoms with Gasteiger partial charge in [0.15, 0.2) is 0 Å². The van der Waals surface area contributed by atoms with Gasteiger partial charge in [0, 0.05) is 17.0 Å². The van der Waals surface area contributed by atoms with Crippen molar-refractivity contribution in [2.75, 3.05) is 7.11 Å². The van der Waals surface area contributed by atoms with E-state index in [2.05, 4.69) is 53.1 Å². The van der Waals surface area contributed by atoms with Gasteiger partial charge >= 0.3 is 0 Å². The topological polar surface area (TPSA) is 13.6 Å². The molecule has 0 unspecified atom stereocenters. The second-order valence-corrected chi connectivity index (χ2v) is 4.70. The van der Waals surface area contributed by atoms with Crippen molar-refractivity contribution < 1.29 is 4.74 Å². The van der Waals surface area contributed by atoms with E-state index in [1.807, 2.05) is 12.1 Å². The van der Waals surface area contributed by atoms with Crippen LogP contribution in [0.15, 0.2) is 60.8 Å². The Morgan fingerprint density at radius 1 is 0.842 bits per heavy atom. The number of hydrogen-bond acceptors (Lipinski definition) is 1. The SMILES string of the molecule is COc1cccc2ccn3c4ccccc4cc3c12. The summed E-state index contributed by atoms with van der Waals surface area (Å²) >= 11 is 0. The lowest BCUT2D eigenvalue weighted by atomic mass is 10.1. The van der Waals surface area contributed by atoms with Crippen LogP contribution in [0.2, 0.25) is 0 Å². The van der Waals surface area contributed by atoms with Crippen LogP contribution in [-0.4, -0.2) is 11.5 Å². The molecule has 2 heteroatoms. The molecule has 0 amide bonds. The van der Waals surface area contributed by atoms with Crippen molar-refractivity contribution in [3.63, 3.8) is 0 Å². The average Bonchev–Trinajstić information content (AvgIpc) is 2.85. The molecule has 92 valence electrons. The van der Waals surface area contributed by atoms with Crippen LogP contribution in [0.3, 0.4) is 0 Å². The Morgan fingerprint density at radius 2 is 1.68 bits per heavy atom. The van der Waals surface area contributed by atoms with Gasteiger partial charge in [-0.15, -0.1) is 0 Å². The number of rotatable bonds is 1. The highest BCUT2D eigenvalue weighted by Crippen LogP contribution is 2.32. The Morgan fingerprint density at radius 3 is 2.58 bits per heavy atom. The van der Waals surface area contributed by atoms with E-state index in [1.165, 1.54) is 27.2 Å². The van der Waals surface area contributed by atoms with E-state index in [0.717, 1.165) is 5.75 Å². The summed E-state index contributed by atoms with van der Waals surface area (Å²) in [5.74, 6) is 0.922. The Balaban J connectivity index is 2.30. The number of para-hydroxylation sites is 1. The lowest BCUT2D eigenvalue weighted by Crippen LogP contribution is -1.89. The van der Waals surface area contributed by atoms with Crippen LogP contribution in [0.25, 0.3) is 27.2 Å². The van der Waals surface area contributed by atoms with Crippen molar-refractivity contribution in [3.05, 3.63) is 60.8 Å². The van der Waals surface area contributed by atoms with Crippen LogP contribution in [0, 0.1) is 0 Å². The summed E-state index contributed by atoms with van der Waals surface area (Å²) in [6.07, 6.45) is 2.12. The van der Waals surface area contributed by atoms with E-state index in [0.29, 0.717) is 0 Å². The molecule has 4 aromatic rings. The van der Waals surface area contributed by atoms with Gasteiger partial charge in [0.2, 0.25) is 0 Å². The Labute approximate surface area is 110 Å². The second kappa shape index (κ2) is 3.75. The van der Waals surface area contributed by atoms with Crippen LogP contribution in [0.4, 0.5) is 0 Å². The molecular weight excluding hydrogens is 234 g/mol. The predicted octanol–water partition coefficient (Wildman–Crippen LogP) is 4.25. The van der Waals surface area contributed by atoms with E-state index >= 15 is 0 Å². The van der Waals surface area contributed by atoms with Gasteiger partial charge in [-0.3, -0.25) is 0 Å². The summed E-state index contributed by atoms with van der Waals surface area (Å²) in [6, 6.07) is 18.9. The zero-order valence-corrected chi connectivity index (χ0v) is 10.6. The highest BCUT2D eigenvalue weighted by Gasteiger charge is 2.09. The lowest BCUT2D eigenvalue weighted by Gasteiger charge is -2.07. The molecule has 0 atom stereocenters. The maximum atomic E-state index is 5.52. The monoisotopic (exact) mass is 247 g/mol. The highest BCUT2D eigenvalue weighted by atomic mass is 16.5. The molecule has 0 fully saturated rings. The maximum absolute atomic E-state index is 5.52. The van der Waals surface area contributed by atoms with Crippen molar-refractivity contribution in [2.24, 2.45) is 0 Å². The zero-order chi connectivity index (χ0) is 12.8. The largest absolute Gasteiger partial charge is 0.496 e. The van der Waals surface area contributed by atoms with E-state index in [9.17, 15) is 0 Å². The highest BCUT2D eigenvalue weighted by molar-refractivity contribution is 6.05. The first-order valence-corrected chi connectivity index (χ1v) is 6.34. The third-order valence-electron chi connectivity index (χ3n) is 3.69. The van der Waals surface area contributed by atoms with Crippen molar-refractivity contribution >= 4 is 27.2 Å². The molecule has 19 heavy (non-hydrogen) atoms. The molecule has 2 aromatic carbocycles. The van der Waals surface area contributed by atoms with Gasteiger partial charge in [-0.25, -0.2) is 0 Å². The summed E-state index contributed by atoms with van der Waals surface area (Å²) < 4.78 is 7.74. The Bertz CT molecular complexity index is 905. The number of methoxy groups -OCH3 is 1. The summed E-state index contributed by atoms with van der Waals surface area (Å²) in [6.45, 7) is 0. The first-order chi connectivity index (χ1) is 9.38. The van der Waals surface area contributed by atoms with E-state index < -0.39 is 0 Å². The molecule has 0 bridgehead atoms. The summed E-state index contributed by atoms with van der Waals surface area (Å²) in [5.41, 5.74) is 2.42. The van der Waals surface area contributed by atoms with Crippen LogP contribution in [0.1, 0.15) is 0 Å². The van der Waals surface area contributed by atoms with Crippen molar-refractivity contribution in [1.29, 1.82) is 0 Å². The number of ether oxygens (including phenoxy) is 1. The van der Waals surface area contributed by atoms with Crippen molar-refractivity contribution in [3.8, 4) is 5.75 Å². The van der Waals surface area contributed by atoms with Crippen molar-refractivity contribution in [2.45, 2.75) is 0 Å². The van der Waals surface area contributed by atoms with E-state index in [-0.39, 0.29) is 0 Å². The molecule has 4 rings (SSSR count). The number of fused-ring (bicyclic) bond motifs is 5.